The SMILES string of the molecule is O=C(O)C/C(=C/C1=Cc2cc(Cl)ccc2OC1)c1nc2ccccc2s1. The van der Waals surface area contributed by atoms with Crippen molar-refractivity contribution in [1.82, 2.24) is 4.98 Å². The fourth-order valence-corrected chi connectivity index (χ4v) is 3.99. The van der Waals surface area contributed by atoms with Crippen LogP contribution in [0.3, 0.4) is 0 Å². The van der Waals surface area contributed by atoms with E-state index in [1.807, 2.05) is 48.6 Å². The third kappa shape index (κ3) is 3.49. The molecule has 0 saturated carbocycles. The van der Waals surface area contributed by atoms with Gasteiger partial charge in [0.25, 0.3) is 0 Å². The number of nitrogens with zero attached hydrogens (tertiary/aromatic N) is 1. The summed E-state index contributed by atoms with van der Waals surface area (Å²) in [6, 6.07) is 13.2. The van der Waals surface area contributed by atoms with Gasteiger partial charge in [-0.1, -0.05) is 23.7 Å². The van der Waals surface area contributed by atoms with Gasteiger partial charge in [0.15, 0.2) is 0 Å². The highest BCUT2D eigenvalue weighted by Gasteiger charge is 2.16. The van der Waals surface area contributed by atoms with E-state index in [4.69, 9.17) is 16.3 Å². The molecule has 2 aromatic carbocycles. The zero-order valence-electron chi connectivity index (χ0n) is 13.6. The standard InChI is InChI=1S/C20H14ClNO3S/c21-15-5-6-17-13(9-15)7-12(11-25-17)8-14(10-19(23)24)20-22-16-3-1-2-4-18(16)26-20/h1-9H,10-11H2,(H,23,24)/b14-8-. The van der Waals surface area contributed by atoms with Crippen LogP contribution in [-0.4, -0.2) is 22.7 Å². The molecule has 0 saturated heterocycles. The number of halogens is 1. The molecule has 1 aliphatic heterocycles. The molecular weight excluding hydrogens is 370 g/mol. The maximum atomic E-state index is 11.4. The van der Waals surface area contributed by atoms with Crippen LogP contribution in [0, 0.1) is 0 Å². The van der Waals surface area contributed by atoms with Crippen molar-refractivity contribution in [3.8, 4) is 5.75 Å². The third-order valence-corrected chi connectivity index (χ3v) is 5.32. The Labute approximate surface area is 159 Å². The minimum absolute atomic E-state index is 0.0977. The first-order valence-corrected chi connectivity index (χ1v) is 9.19. The zero-order valence-corrected chi connectivity index (χ0v) is 15.2. The van der Waals surface area contributed by atoms with Crippen molar-refractivity contribution in [2.24, 2.45) is 0 Å². The zero-order chi connectivity index (χ0) is 18.1. The highest BCUT2D eigenvalue weighted by Crippen LogP contribution is 2.33. The van der Waals surface area contributed by atoms with E-state index in [9.17, 15) is 9.90 Å². The van der Waals surface area contributed by atoms with E-state index in [-0.39, 0.29) is 6.42 Å². The molecule has 130 valence electrons. The molecule has 1 aliphatic rings. The first kappa shape index (κ1) is 16.8. The average molecular weight is 384 g/mol. The van der Waals surface area contributed by atoms with E-state index in [1.54, 1.807) is 6.07 Å². The predicted molar refractivity (Wildman–Crippen MR) is 105 cm³/mol. The Hall–Kier alpha value is -2.63. The van der Waals surface area contributed by atoms with Crippen LogP contribution in [0.25, 0.3) is 21.9 Å². The second kappa shape index (κ2) is 6.94. The van der Waals surface area contributed by atoms with Crippen molar-refractivity contribution in [3.05, 3.63) is 69.7 Å². The molecular formula is C20H14ClNO3S. The Morgan fingerprint density at radius 1 is 1.31 bits per heavy atom. The van der Waals surface area contributed by atoms with Crippen molar-refractivity contribution in [1.29, 1.82) is 0 Å². The summed E-state index contributed by atoms with van der Waals surface area (Å²) in [4.78, 5) is 15.9. The molecule has 1 N–H and O–H groups in total. The van der Waals surface area contributed by atoms with Crippen LogP contribution < -0.4 is 4.74 Å². The van der Waals surface area contributed by atoms with Crippen molar-refractivity contribution in [3.63, 3.8) is 0 Å². The summed E-state index contributed by atoms with van der Waals surface area (Å²) in [5.74, 6) is -0.123. The normalized spacial score (nSPS) is 13.9. The van der Waals surface area contributed by atoms with Crippen LogP contribution in [0.15, 0.2) is 54.1 Å². The molecule has 0 amide bonds. The van der Waals surface area contributed by atoms with Gasteiger partial charge >= 0.3 is 5.97 Å². The van der Waals surface area contributed by atoms with Gasteiger partial charge in [-0.25, -0.2) is 4.98 Å². The molecule has 1 aromatic heterocycles. The molecule has 0 bridgehead atoms. The lowest BCUT2D eigenvalue weighted by Gasteiger charge is -2.17. The smallest absolute Gasteiger partial charge is 0.307 e. The van der Waals surface area contributed by atoms with Crippen LogP contribution >= 0.6 is 22.9 Å². The van der Waals surface area contributed by atoms with Gasteiger partial charge in [-0.2, -0.15) is 0 Å². The van der Waals surface area contributed by atoms with E-state index in [1.165, 1.54) is 11.3 Å². The number of benzene rings is 2. The number of thiazole rings is 1. The summed E-state index contributed by atoms with van der Waals surface area (Å²) < 4.78 is 6.79. The lowest BCUT2D eigenvalue weighted by molar-refractivity contribution is -0.135. The monoisotopic (exact) mass is 383 g/mol. The van der Waals surface area contributed by atoms with Crippen molar-refractivity contribution < 1.29 is 14.6 Å². The number of fused-ring (bicyclic) bond motifs is 2. The topological polar surface area (TPSA) is 59.4 Å². The number of ether oxygens (including phenoxy) is 1. The van der Waals surface area contributed by atoms with Crippen LogP contribution in [0.2, 0.25) is 5.02 Å². The lowest BCUT2D eigenvalue weighted by Crippen LogP contribution is -2.07. The number of carbonyl (C=O) groups is 1. The van der Waals surface area contributed by atoms with Gasteiger partial charge in [0.05, 0.1) is 16.6 Å². The Morgan fingerprint density at radius 2 is 2.15 bits per heavy atom. The molecule has 0 spiro atoms. The van der Waals surface area contributed by atoms with Gasteiger partial charge in [-0.05, 0) is 53.6 Å². The number of hydrogen-bond donors (Lipinski definition) is 1. The summed E-state index contributed by atoms with van der Waals surface area (Å²) in [6.07, 6.45) is 3.73. The fourth-order valence-electron chi connectivity index (χ4n) is 2.83. The summed E-state index contributed by atoms with van der Waals surface area (Å²) in [5, 5.41) is 10.7. The molecule has 0 atom stereocenters. The number of aliphatic carboxylic acids is 1. The van der Waals surface area contributed by atoms with E-state index in [0.717, 1.165) is 27.1 Å². The van der Waals surface area contributed by atoms with E-state index < -0.39 is 5.97 Å². The highest BCUT2D eigenvalue weighted by molar-refractivity contribution is 7.19. The van der Waals surface area contributed by atoms with E-state index >= 15 is 0 Å². The molecule has 0 aliphatic carbocycles. The highest BCUT2D eigenvalue weighted by atomic mass is 35.5. The van der Waals surface area contributed by atoms with Crippen LogP contribution in [0.5, 0.6) is 5.75 Å². The van der Waals surface area contributed by atoms with Gasteiger partial charge in [-0.3, -0.25) is 4.79 Å². The average Bonchev–Trinajstić information content (AvgIpc) is 3.04. The van der Waals surface area contributed by atoms with Crippen LogP contribution in [0.1, 0.15) is 17.0 Å². The number of carboxylic acids is 1. The first-order chi connectivity index (χ1) is 12.6. The second-order valence-corrected chi connectivity index (χ2v) is 7.38. The molecule has 0 unspecified atom stereocenters. The molecule has 26 heavy (non-hydrogen) atoms. The maximum Gasteiger partial charge on any atom is 0.307 e. The van der Waals surface area contributed by atoms with Gasteiger partial charge in [0.1, 0.15) is 17.4 Å². The quantitative estimate of drug-likeness (QED) is 0.665. The Balaban J connectivity index is 1.76. The summed E-state index contributed by atoms with van der Waals surface area (Å²) >= 11 is 7.55. The fraction of sp³-hybridized carbons (Fsp3) is 0.100. The van der Waals surface area contributed by atoms with Crippen LogP contribution in [0.4, 0.5) is 0 Å². The molecule has 4 rings (SSSR count). The Bertz CT molecular complexity index is 1030. The number of rotatable bonds is 4. The second-order valence-electron chi connectivity index (χ2n) is 5.92. The van der Waals surface area contributed by atoms with E-state index in [2.05, 4.69) is 4.98 Å². The first-order valence-electron chi connectivity index (χ1n) is 8.00. The number of para-hydroxylation sites is 1. The molecule has 4 nitrogen and oxygen atoms in total. The van der Waals surface area contributed by atoms with Gasteiger partial charge in [0.2, 0.25) is 0 Å². The predicted octanol–water partition coefficient (Wildman–Crippen LogP) is 5.28. The molecule has 3 aromatic rings. The lowest BCUT2D eigenvalue weighted by atomic mass is 10.0. The maximum absolute atomic E-state index is 11.4. The summed E-state index contributed by atoms with van der Waals surface area (Å²) in [7, 11) is 0. The minimum Gasteiger partial charge on any atom is -0.488 e. The van der Waals surface area contributed by atoms with Crippen molar-refractivity contribution in [2.45, 2.75) is 6.42 Å². The minimum atomic E-state index is -0.892. The van der Waals surface area contributed by atoms with Crippen molar-refractivity contribution >= 4 is 50.8 Å². The number of aromatic nitrogens is 1. The summed E-state index contributed by atoms with van der Waals surface area (Å²) in [5.41, 5.74) is 3.30. The molecule has 0 fully saturated rings. The molecule has 6 heteroatoms. The number of carboxylic acid groups (broad SMARTS) is 1. The van der Waals surface area contributed by atoms with Crippen molar-refractivity contribution in [2.75, 3.05) is 6.61 Å². The third-order valence-electron chi connectivity index (χ3n) is 3.98. The Morgan fingerprint density at radius 3 is 2.96 bits per heavy atom. The largest absolute Gasteiger partial charge is 0.488 e. The number of hydrogen-bond acceptors (Lipinski definition) is 4. The van der Waals surface area contributed by atoms with E-state index in [0.29, 0.717) is 22.2 Å². The summed E-state index contributed by atoms with van der Waals surface area (Å²) in [6.45, 7) is 0.378. The molecule has 0 radical (unpaired) electrons. The van der Waals surface area contributed by atoms with Gasteiger partial charge < -0.3 is 9.84 Å². The van der Waals surface area contributed by atoms with Gasteiger partial charge in [-0.15, -0.1) is 11.3 Å². The van der Waals surface area contributed by atoms with Crippen LogP contribution in [-0.2, 0) is 4.79 Å². The Kier molecular flexibility index (Phi) is 4.49. The van der Waals surface area contributed by atoms with Gasteiger partial charge in [0, 0.05) is 10.6 Å². The molecule has 2 heterocycles.